The molecule has 2 rings (SSSR count). The van der Waals surface area contributed by atoms with Crippen molar-refractivity contribution in [1.29, 1.82) is 0 Å². The van der Waals surface area contributed by atoms with Gasteiger partial charge in [-0.2, -0.15) is 0 Å². The van der Waals surface area contributed by atoms with Crippen molar-refractivity contribution in [3.8, 4) is 11.5 Å². The number of nitrogens with one attached hydrogen (secondary N) is 2. The van der Waals surface area contributed by atoms with Crippen LogP contribution in [0.25, 0.3) is 0 Å². The minimum Gasteiger partial charge on any atom is -0.493 e. The predicted molar refractivity (Wildman–Crippen MR) is 98.2 cm³/mol. The molecule has 1 aromatic heterocycles. The molecule has 0 aliphatic rings. The zero-order chi connectivity index (χ0) is 18.1. The monoisotopic (exact) mass is 343 g/mol. The van der Waals surface area contributed by atoms with Crippen molar-refractivity contribution in [2.45, 2.75) is 32.7 Å². The fraction of sp³-hybridized carbons (Fsp3) is 0.368. The predicted octanol–water partition coefficient (Wildman–Crippen LogP) is 4.15. The van der Waals surface area contributed by atoms with Gasteiger partial charge in [-0.15, -0.1) is 0 Å². The van der Waals surface area contributed by atoms with Gasteiger partial charge in [-0.25, -0.2) is 4.79 Å². The van der Waals surface area contributed by atoms with Gasteiger partial charge in [0, 0.05) is 24.1 Å². The number of anilines is 1. The molecule has 25 heavy (non-hydrogen) atoms. The second-order valence-electron chi connectivity index (χ2n) is 5.67. The lowest BCUT2D eigenvalue weighted by atomic mass is 10.1. The van der Waals surface area contributed by atoms with Gasteiger partial charge in [-0.3, -0.25) is 4.98 Å². The van der Waals surface area contributed by atoms with Crippen LogP contribution in [0.4, 0.5) is 10.5 Å². The molecule has 0 fully saturated rings. The molecule has 1 unspecified atom stereocenters. The number of carbonyl (C=O) groups excluding carboxylic acids is 1. The highest BCUT2D eigenvalue weighted by Gasteiger charge is 2.11. The Kier molecular flexibility index (Phi) is 7.07. The lowest BCUT2D eigenvalue weighted by molar-refractivity contribution is 0.249. The number of amides is 2. The molecular weight excluding hydrogens is 318 g/mol. The number of unbranched alkanes of at least 4 members (excludes halogenated alkanes) is 1. The third kappa shape index (κ3) is 5.67. The van der Waals surface area contributed by atoms with Crippen LogP contribution >= 0.6 is 0 Å². The van der Waals surface area contributed by atoms with E-state index in [0.29, 0.717) is 23.8 Å². The molecule has 0 spiro atoms. The first-order valence-electron chi connectivity index (χ1n) is 8.42. The van der Waals surface area contributed by atoms with Crippen molar-refractivity contribution in [2.24, 2.45) is 0 Å². The Morgan fingerprint density at radius 3 is 2.80 bits per heavy atom. The molecular formula is C19H25N3O3. The van der Waals surface area contributed by atoms with Crippen LogP contribution in [-0.2, 0) is 0 Å². The minimum absolute atomic E-state index is 0.146. The van der Waals surface area contributed by atoms with Gasteiger partial charge in [0.1, 0.15) is 0 Å². The summed E-state index contributed by atoms with van der Waals surface area (Å²) in [6, 6.07) is 8.65. The van der Waals surface area contributed by atoms with Crippen molar-refractivity contribution < 1.29 is 14.3 Å². The summed E-state index contributed by atoms with van der Waals surface area (Å²) in [4.78, 5) is 16.3. The molecule has 6 nitrogen and oxygen atoms in total. The number of aromatic nitrogens is 1. The Hall–Kier alpha value is -2.76. The number of carbonyl (C=O) groups is 1. The molecule has 1 aromatic carbocycles. The summed E-state index contributed by atoms with van der Waals surface area (Å²) < 4.78 is 11.0. The number of urea groups is 1. The van der Waals surface area contributed by atoms with Crippen molar-refractivity contribution in [3.63, 3.8) is 0 Å². The van der Waals surface area contributed by atoms with E-state index in [-0.39, 0.29) is 12.1 Å². The Morgan fingerprint density at radius 1 is 1.28 bits per heavy atom. The van der Waals surface area contributed by atoms with E-state index in [0.717, 1.165) is 18.4 Å². The highest BCUT2D eigenvalue weighted by Crippen LogP contribution is 2.30. The van der Waals surface area contributed by atoms with Crippen LogP contribution in [0.5, 0.6) is 11.5 Å². The summed E-state index contributed by atoms with van der Waals surface area (Å²) in [5.74, 6) is 1.26. The van der Waals surface area contributed by atoms with E-state index in [9.17, 15) is 4.79 Å². The number of ether oxygens (including phenoxy) is 2. The molecule has 2 aromatic rings. The summed E-state index contributed by atoms with van der Waals surface area (Å²) in [6.07, 6.45) is 5.45. The van der Waals surface area contributed by atoms with Crippen LogP contribution in [0.2, 0.25) is 0 Å². The second-order valence-corrected chi connectivity index (χ2v) is 5.67. The normalized spacial score (nSPS) is 11.5. The first-order valence-corrected chi connectivity index (χ1v) is 8.42. The highest BCUT2D eigenvalue weighted by atomic mass is 16.5. The topological polar surface area (TPSA) is 72.5 Å². The first kappa shape index (κ1) is 18.6. The molecule has 0 saturated carbocycles. The maximum atomic E-state index is 12.2. The van der Waals surface area contributed by atoms with Crippen molar-refractivity contribution >= 4 is 11.7 Å². The van der Waals surface area contributed by atoms with E-state index in [2.05, 4.69) is 22.5 Å². The number of hydrogen-bond donors (Lipinski definition) is 2. The summed E-state index contributed by atoms with van der Waals surface area (Å²) in [7, 11) is 1.59. The molecule has 6 heteroatoms. The lowest BCUT2D eigenvalue weighted by Gasteiger charge is -2.16. The van der Waals surface area contributed by atoms with E-state index >= 15 is 0 Å². The third-order valence-electron chi connectivity index (χ3n) is 3.71. The fourth-order valence-electron chi connectivity index (χ4n) is 2.27. The van der Waals surface area contributed by atoms with Gasteiger partial charge < -0.3 is 20.1 Å². The van der Waals surface area contributed by atoms with Gasteiger partial charge in [-0.1, -0.05) is 19.4 Å². The molecule has 134 valence electrons. The van der Waals surface area contributed by atoms with Crippen LogP contribution in [0, 0.1) is 0 Å². The summed E-state index contributed by atoms with van der Waals surface area (Å²) in [6.45, 7) is 4.62. The molecule has 0 aliphatic heterocycles. The number of rotatable bonds is 8. The number of nitrogens with zero attached hydrogens (tertiary/aromatic N) is 1. The van der Waals surface area contributed by atoms with Crippen LogP contribution in [0.3, 0.4) is 0 Å². The van der Waals surface area contributed by atoms with E-state index in [1.807, 2.05) is 19.1 Å². The molecule has 1 heterocycles. The highest BCUT2D eigenvalue weighted by molar-refractivity contribution is 5.89. The molecule has 2 N–H and O–H groups in total. The summed E-state index contributed by atoms with van der Waals surface area (Å²) in [5, 5.41) is 5.70. The van der Waals surface area contributed by atoms with Crippen LogP contribution < -0.4 is 20.1 Å². The Morgan fingerprint density at radius 2 is 2.12 bits per heavy atom. The average Bonchev–Trinajstić information content (AvgIpc) is 2.63. The molecule has 0 radical (unpaired) electrons. The second kappa shape index (κ2) is 9.52. The van der Waals surface area contributed by atoms with Gasteiger partial charge in [0.05, 0.1) is 19.8 Å². The quantitative estimate of drug-likeness (QED) is 0.706. The fourth-order valence-corrected chi connectivity index (χ4v) is 2.27. The number of benzene rings is 1. The Balaban J connectivity index is 1.98. The molecule has 0 saturated heterocycles. The van der Waals surface area contributed by atoms with Gasteiger partial charge in [0.2, 0.25) is 0 Å². The van der Waals surface area contributed by atoms with E-state index in [1.165, 1.54) is 0 Å². The van der Waals surface area contributed by atoms with E-state index in [1.54, 1.807) is 37.7 Å². The summed E-state index contributed by atoms with van der Waals surface area (Å²) >= 11 is 0. The summed E-state index contributed by atoms with van der Waals surface area (Å²) in [5.41, 5.74) is 1.58. The standard InChI is InChI=1S/C19H25N3O3/c1-4-5-11-25-18-12-16(8-9-17(18)24-3)22-19(23)21-14(2)15-7-6-10-20-13-15/h6-10,12-14H,4-5,11H2,1-3H3,(H2,21,22,23). The molecule has 1 atom stereocenters. The van der Waals surface area contributed by atoms with Crippen LogP contribution in [0.1, 0.15) is 38.3 Å². The Labute approximate surface area is 148 Å². The molecule has 0 aliphatic carbocycles. The molecule has 0 bridgehead atoms. The van der Waals surface area contributed by atoms with Crippen molar-refractivity contribution in [1.82, 2.24) is 10.3 Å². The largest absolute Gasteiger partial charge is 0.493 e. The van der Waals surface area contributed by atoms with E-state index < -0.39 is 0 Å². The van der Waals surface area contributed by atoms with Gasteiger partial charge >= 0.3 is 6.03 Å². The average molecular weight is 343 g/mol. The number of methoxy groups -OCH3 is 1. The Bertz CT molecular complexity index is 677. The number of hydrogen-bond acceptors (Lipinski definition) is 4. The van der Waals surface area contributed by atoms with Crippen LogP contribution in [-0.4, -0.2) is 24.7 Å². The SMILES string of the molecule is CCCCOc1cc(NC(=O)NC(C)c2cccnc2)ccc1OC. The van der Waals surface area contributed by atoms with Gasteiger partial charge in [0.15, 0.2) is 11.5 Å². The third-order valence-corrected chi connectivity index (χ3v) is 3.71. The number of pyridine rings is 1. The maximum absolute atomic E-state index is 12.2. The maximum Gasteiger partial charge on any atom is 0.319 e. The van der Waals surface area contributed by atoms with Crippen molar-refractivity contribution in [2.75, 3.05) is 19.0 Å². The molecule has 2 amide bonds. The minimum atomic E-state index is -0.291. The smallest absolute Gasteiger partial charge is 0.319 e. The lowest BCUT2D eigenvalue weighted by Crippen LogP contribution is -2.31. The van der Waals surface area contributed by atoms with Gasteiger partial charge in [0.25, 0.3) is 0 Å². The van der Waals surface area contributed by atoms with Gasteiger partial charge in [-0.05, 0) is 37.1 Å². The van der Waals surface area contributed by atoms with E-state index in [4.69, 9.17) is 9.47 Å². The first-order chi connectivity index (χ1) is 12.1. The zero-order valence-corrected chi connectivity index (χ0v) is 14.9. The van der Waals surface area contributed by atoms with Crippen LogP contribution in [0.15, 0.2) is 42.7 Å². The zero-order valence-electron chi connectivity index (χ0n) is 14.9. The van der Waals surface area contributed by atoms with Crippen molar-refractivity contribution in [3.05, 3.63) is 48.3 Å².